The lowest BCUT2D eigenvalue weighted by Crippen LogP contribution is -1.97. The first-order valence-electron chi connectivity index (χ1n) is 5.19. The second-order valence-corrected chi connectivity index (χ2v) is 4.05. The zero-order chi connectivity index (χ0) is 11.7. The fourth-order valence-electron chi connectivity index (χ4n) is 1.58. The molecule has 0 aliphatic carbocycles. The van der Waals surface area contributed by atoms with E-state index in [9.17, 15) is 4.39 Å². The first-order chi connectivity index (χ1) is 7.58. The molecule has 0 radical (unpaired) electrons. The molecular formula is C12H14FN3. The van der Waals surface area contributed by atoms with Crippen molar-refractivity contribution in [3.63, 3.8) is 0 Å². The van der Waals surface area contributed by atoms with Crippen molar-refractivity contribution in [3.8, 4) is 5.69 Å². The minimum absolute atomic E-state index is 0.257. The van der Waals surface area contributed by atoms with Gasteiger partial charge in [-0.3, -0.25) is 0 Å². The van der Waals surface area contributed by atoms with Crippen LogP contribution in [0, 0.1) is 5.82 Å². The molecule has 1 heterocycles. The van der Waals surface area contributed by atoms with Crippen molar-refractivity contribution >= 4 is 5.69 Å². The molecule has 0 amide bonds. The molecule has 16 heavy (non-hydrogen) atoms. The number of nitrogens with zero attached hydrogens (tertiary/aromatic N) is 2. The molecule has 0 spiro atoms. The summed E-state index contributed by atoms with van der Waals surface area (Å²) in [7, 11) is 0. The van der Waals surface area contributed by atoms with E-state index in [1.54, 1.807) is 23.0 Å². The molecule has 4 heteroatoms. The number of nitrogens with two attached hydrogens (primary N) is 1. The third kappa shape index (κ3) is 1.91. The van der Waals surface area contributed by atoms with Gasteiger partial charge in [0.15, 0.2) is 0 Å². The fourth-order valence-corrected chi connectivity index (χ4v) is 1.58. The first-order valence-corrected chi connectivity index (χ1v) is 5.19. The fraction of sp³-hybridized carbons (Fsp3) is 0.250. The standard InChI is InChI=1S/C12H14FN3/c1-8(2)12-11(14)7-16(15-12)10-5-3-9(13)4-6-10/h3-8H,14H2,1-2H3. The molecule has 84 valence electrons. The van der Waals surface area contributed by atoms with Crippen molar-refractivity contribution in [2.75, 3.05) is 5.73 Å². The predicted octanol–water partition coefficient (Wildman–Crippen LogP) is 2.72. The molecule has 0 fully saturated rings. The highest BCUT2D eigenvalue weighted by molar-refractivity contribution is 5.45. The molecule has 2 rings (SSSR count). The molecule has 2 N–H and O–H groups in total. The van der Waals surface area contributed by atoms with Gasteiger partial charge in [0.1, 0.15) is 5.82 Å². The van der Waals surface area contributed by atoms with Crippen LogP contribution in [0.1, 0.15) is 25.5 Å². The Balaban J connectivity index is 2.41. The van der Waals surface area contributed by atoms with Gasteiger partial charge in [0.2, 0.25) is 0 Å². The molecule has 0 bridgehead atoms. The summed E-state index contributed by atoms with van der Waals surface area (Å²) >= 11 is 0. The molecule has 0 unspecified atom stereocenters. The van der Waals surface area contributed by atoms with Crippen LogP contribution in [0.15, 0.2) is 30.5 Å². The lowest BCUT2D eigenvalue weighted by atomic mass is 10.1. The van der Waals surface area contributed by atoms with Crippen molar-refractivity contribution in [2.45, 2.75) is 19.8 Å². The zero-order valence-corrected chi connectivity index (χ0v) is 9.31. The SMILES string of the molecule is CC(C)c1nn(-c2ccc(F)cc2)cc1N. The Morgan fingerprint density at radius 2 is 1.88 bits per heavy atom. The Kier molecular flexibility index (Phi) is 2.64. The van der Waals surface area contributed by atoms with E-state index in [0.717, 1.165) is 11.4 Å². The van der Waals surface area contributed by atoms with E-state index in [4.69, 9.17) is 5.73 Å². The summed E-state index contributed by atoms with van der Waals surface area (Å²) < 4.78 is 14.4. The Morgan fingerprint density at radius 3 is 2.38 bits per heavy atom. The van der Waals surface area contributed by atoms with Gasteiger partial charge in [0, 0.05) is 0 Å². The summed E-state index contributed by atoms with van der Waals surface area (Å²) in [4.78, 5) is 0. The molecular weight excluding hydrogens is 205 g/mol. The Hall–Kier alpha value is -1.84. The minimum atomic E-state index is -0.257. The van der Waals surface area contributed by atoms with E-state index in [1.807, 2.05) is 13.8 Å². The number of nitrogen functional groups attached to an aromatic ring is 1. The van der Waals surface area contributed by atoms with Gasteiger partial charge in [-0.05, 0) is 30.2 Å². The quantitative estimate of drug-likeness (QED) is 0.844. The lowest BCUT2D eigenvalue weighted by Gasteiger charge is -2.01. The van der Waals surface area contributed by atoms with Crippen molar-refractivity contribution in [1.82, 2.24) is 9.78 Å². The van der Waals surface area contributed by atoms with E-state index < -0.39 is 0 Å². The van der Waals surface area contributed by atoms with Gasteiger partial charge in [0.25, 0.3) is 0 Å². The third-order valence-electron chi connectivity index (χ3n) is 2.41. The highest BCUT2D eigenvalue weighted by Gasteiger charge is 2.10. The van der Waals surface area contributed by atoms with Crippen molar-refractivity contribution in [3.05, 3.63) is 42.0 Å². The normalized spacial score (nSPS) is 11.0. The number of aromatic nitrogens is 2. The topological polar surface area (TPSA) is 43.8 Å². The first kappa shape index (κ1) is 10.7. The second kappa shape index (κ2) is 3.96. The largest absolute Gasteiger partial charge is 0.396 e. The smallest absolute Gasteiger partial charge is 0.123 e. The predicted molar refractivity (Wildman–Crippen MR) is 62.0 cm³/mol. The molecule has 3 nitrogen and oxygen atoms in total. The van der Waals surface area contributed by atoms with Crippen LogP contribution in [0.5, 0.6) is 0 Å². The molecule has 0 saturated carbocycles. The van der Waals surface area contributed by atoms with Crippen LogP contribution in [0.2, 0.25) is 0 Å². The van der Waals surface area contributed by atoms with E-state index >= 15 is 0 Å². The van der Waals surface area contributed by atoms with Gasteiger partial charge in [0.05, 0.1) is 23.3 Å². The summed E-state index contributed by atoms with van der Waals surface area (Å²) in [6, 6.07) is 6.16. The maximum atomic E-state index is 12.8. The summed E-state index contributed by atoms with van der Waals surface area (Å²) in [5.41, 5.74) is 8.19. The molecule has 0 atom stereocenters. The lowest BCUT2D eigenvalue weighted by molar-refractivity contribution is 0.627. The summed E-state index contributed by atoms with van der Waals surface area (Å²) in [5, 5.41) is 4.38. The molecule has 0 saturated heterocycles. The van der Waals surface area contributed by atoms with Gasteiger partial charge >= 0.3 is 0 Å². The molecule has 0 aliphatic rings. The molecule has 1 aromatic heterocycles. The average molecular weight is 219 g/mol. The van der Waals surface area contributed by atoms with Crippen LogP contribution in [-0.4, -0.2) is 9.78 Å². The summed E-state index contributed by atoms with van der Waals surface area (Å²) in [6.45, 7) is 4.07. The van der Waals surface area contributed by atoms with Gasteiger partial charge in [-0.15, -0.1) is 0 Å². The average Bonchev–Trinajstić information content (AvgIpc) is 2.61. The molecule has 0 aliphatic heterocycles. The highest BCUT2D eigenvalue weighted by atomic mass is 19.1. The Bertz CT molecular complexity index is 485. The monoisotopic (exact) mass is 219 g/mol. The van der Waals surface area contributed by atoms with E-state index in [1.165, 1.54) is 12.1 Å². The second-order valence-electron chi connectivity index (χ2n) is 4.05. The number of benzene rings is 1. The summed E-state index contributed by atoms with van der Waals surface area (Å²) in [5.74, 6) is 0.0228. The van der Waals surface area contributed by atoms with Gasteiger partial charge in [-0.2, -0.15) is 5.10 Å². The zero-order valence-electron chi connectivity index (χ0n) is 9.31. The minimum Gasteiger partial charge on any atom is -0.396 e. The number of anilines is 1. The van der Waals surface area contributed by atoms with E-state index in [-0.39, 0.29) is 11.7 Å². The van der Waals surface area contributed by atoms with Gasteiger partial charge in [-0.1, -0.05) is 13.8 Å². The maximum Gasteiger partial charge on any atom is 0.123 e. The van der Waals surface area contributed by atoms with Crippen molar-refractivity contribution in [2.24, 2.45) is 0 Å². The van der Waals surface area contributed by atoms with E-state index in [0.29, 0.717) is 5.69 Å². The van der Waals surface area contributed by atoms with E-state index in [2.05, 4.69) is 5.10 Å². The molecule has 2 aromatic rings. The number of hydrogen-bond donors (Lipinski definition) is 1. The van der Waals surface area contributed by atoms with Crippen LogP contribution in [-0.2, 0) is 0 Å². The molecule has 1 aromatic carbocycles. The van der Waals surface area contributed by atoms with Crippen molar-refractivity contribution < 1.29 is 4.39 Å². The summed E-state index contributed by atoms with van der Waals surface area (Å²) in [6.07, 6.45) is 1.75. The van der Waals surface area contributed by atoms with Gasteiger partial charge in [-0.25, -0.2) is 9.07 Å². The highest BCUT2D eigenvalue weighted by Crippen LogP contribution is 2.21. The third-order valence-corrected chi connectivity index (χ3v) is 2.41. The van der Waals surface area contributed by atoms with Crippen LogP contribution >= 0.6 is 0 Å². The van der Waals surface area contributed by atoms with Crippen LogP contribution in [0.3, 0.4) is 0 Å². The Morgan fingerprint density at radius 1 is 1.25 bits per heavy atom. The van der Waals surface area contributed by atoms with Crippen molar-refractivity contribution in [1.29, 1.82) is 0 Å². The number of halogens is 1. The Labute approximate surface area is 93.7 Å². The number of hydrogen-bond acceptors (Lipinski definition) is 2. The van der Waals surface area contributed by atoms with Crippen LogP contribution < -0.4 is 5.73 Å². The van der Waals surface area contributed by atoms with Crippen LogP contribution in [0.4, 0.5) is 10.1 Å². The number of rotatable bonds is 2. The maximum absolute atomic E-state index is 12.8. The van der Waals surface area contributed by atoms with Gasteiger partial charge < -0.3 is 5.73 Å². The van der Waals surface area contributed by atoms with Crippen LogP contribution in [0.25, 0.3) is 5.69 Å².